The number of rotatable bonds is 7. The second kappa shape index (κ2) is 10.0. The molecule has 3 fully saturated rings. The van der Waals surface area contributed by atoms with Gasteiger partial charge < -0.3 is 19.4 Å². The fraction of sp³-hybridized carbons (Fsp3) is 0.636. The minimum Gasteiger partial charge on any atom is -0.493 e. The Bertz CT molecular complexity index is 1240. The molecular formula is C33H44N2O4. The number of aromatic nitrogens is 1. The van der Waals surface area contributed by atoms with Crippen molar-refractivity contribution in [1.29, 1.82) is 0 Å². The first kappa shape index (κ1) is 26.5. The summed E-state index contributed by atoms with van der Waals surface area (Å²) in [5, 5.41) is 3.20. The molecule has 210 valence electrons. The number of hydrogen-bond acceptors (Lipinski definition) is 4. The number of benzene rings is 1. The second-order valence-corrected chi connectivity index (χ2v) is 13.7. The van der Waals surface area contributed by atoms with Crippen LogP contribution in [0.25, 0.3) is 11.3 Å². The molecule has 0 unspecified atom stereocenters. The Labute approximate surface area is 232 Å². The number of ether oxygens (including phenoxy) is 2. The predicted octanol–water partition coefficient (Wildman–Crippen LogP) is 6.59. The zero-order chi connectivity index (χ0) is 27.4. The fourth-order valence-electron chi connectivity index (χ4n) is 7.15. The first-order valence-electron chi connectivity index (χ1n) is 15.1. The monoisotopic (exact) mass is 532 g/mol. The molecule has 6 nitrogen and oxygen atoms in total. The van der Waals surface area contributed by atoms with Crippen LogP contribution in [0.3, 0.4) is 0 Å². The van der Waals surface area contributed by atoms with Gasteiger partial charge in [0.25, 0.3) is 12.4 Å². The van der Waals surface area contributed by atoms with E-state index in [4.69, 9.17) is 9.47 Å². The van der Waals surface area contributed by atoms with Crippen LogP contribution in [0, 0.1) is 12.8 Å². The van der Waals surface area contributed by atoms with Gasteiger partial charge in [-0.2, -0.15) is 0 Å². The van der Waals surface area contributed by atoms with Crippen molar-refractivity contribution in [2.45, 2.75) is 121 Å². The van der Waals surface area contributed by atoms with Gasteiger partial charge in [-0.1, -0.05) is 40.0 Å². The number of hydrogen-bond donors (Lipinski definition) is 1. The minimum absolute atomic E-state index is 0.0262. The highest BCUT2D eigenvalue weighted by Gasteiger charge is 2.49. The van der Waals surface area contributed by atoms with Crippen LogP contribution in [-0.4, -0.2) is 35.7 Å². The average Bonchev–Trinajstić information content (AvgIpc) is 3.58. The molecule has 1 amide bonds. The van der Waals surface area contributed by atoms with Gasteiger partial charge in [0.05, 0.1) is 12.2 Å². The van der Waals surface area contributed by atoms with Crippen LogP contribution >= 0.6 is 0 Å². The summed E-state index contributed by atoms with van der Waals surface area (Å²) in [6.45, 7) is 11.2. The van der Waals surface area contributed by atoms with Gasteiger partial charge >= 0.3 is 0 Å². The van der Waals surface area contributed by atoms with Crippen molar-refractivity contribution in [2.24, 2.45) is 5.92 Å². The van der Waals surface area contributed by atoms with E-state index in [1.807, 2.05) is 0 Å². The van der Waals surface area contributed by atoms with Crippen LogP contribution in [0.15, 0.2) is 18.2 Å². The molecule has 4 aliphatic rings. The molecule has 1 aromatic heterocycles. The van der Waals surface area contributed by atoms with E-state index in [9.17, 15) is 9.59 Å². The third-order valence-electron chi connectivity index (χ3n) is 9.90. The maximum absolute atomic E-state index is 13.5. The van der Waals surface area contributed by atoms with Gasteiger partial charge in [0.15, 0.2) is 0 Å². The van der Waals surface area contributed by atoms with Crippen molar-refractivity contribution < 1.29 is 19.1 Å². The third-order valence-corrected chi connectivity index (χ3v) is 9.90. The van der Waals surface area contributed by atoms with Gasteiger partial charge in [0, 0.05) is 53.4 Å². The Morgan fingerprint density at radius 1 is 1.13 bits per heavy atom. The molecule has 3 aliphatic carbocycles. The summed E-state index contributed by atoms with van der Waals surface area (Å²) in [5.41, 5.74) is 7.02. The lowest BCUT2D eigenvalue weighted by Gasteiger charge is -2.34. The maximum Gasteiger partial charge on any atom is 0.293 e. The number of carbonyl (C=O) groups is 2. The molecule has 0 bridgehead atoms. The third kappa shape index (κ3) is 5.00. The van der Waals surface area contributed by atoms with E-state index in [2.05, 4.69) is 55.8 Å². The fourth-order valence-corrected chi connectivity index (χ4v) is 7.15. The highest BCUT2D eigenvalue weighted by atomic mass is 16.5. The molecule has 3 saturated carbocycles. The first-order chi connectivity index (χ1) is 18.7. The molecule has 1 aromatic carbocycles. The van der Waals surface area contributed by atoms with Crippen molar-refractivity contribution in [3.05, 3.63) is 40.6 Å². The Morgan fingerprint density at radius 2 is 1.87 bits per heavy atom. The molecule has 1 spiro atoms. The van der Waals surface area contributed by atoms with Crippen molar-refractivity contribution in [2.75, 3.05) is 6.61 Å². The SMILES string of the molecule is Cc1c(C(=O)N[C@H]2C[C@H](OC=O)C2)cc(-c2cc(C(C)(C)C)c3c(c2)C2(CCO3)CC2)n1CC1CCCCC1. The van der Waals surface area contributed by atoms with E-state index in [1.165, 1.54) is 61.6 Å². The van der Waals surface area contributed by atoms with Gasteiger partial charge in [-0.3, -0.25) is 9.59 Å². The van der Waals surface area contributed by atoms with Crippen LogP contribution in [0.4, 0.5) is 0 Å². The molecule has 0 saturated heterocycles. The Balaban J connectivity index is 1.40. The zero-order valence-electron chi connectivity index (χ0n) is 24.1. The topological polar surface area (TPSA) is 69.6 Å². The van der Waals surface area contributed by atoms with Gasteiger partial charge in [-0.25, -0.2) is 0 Å². The Morgan fingerprint density at radius 3 is 2.54 bits per heavy atom. The first-order valence-corrected chi connectivity index (χ1v) is 15.1. The molecule has 2 heterocycles. The normalized spacial score (nSPS) is 23.9. The van der Waals surface area contributed by atoms with E-state index >= 15 is 0 Å². The molecular weight excluding hydrogens is 488 g/mol. The van der Waals surface area contributed by atoms with Crippen LogP contribution in [0.1, 0.15) is 112 Å². The predicted molar refractivity (Wildman–Crippen MR) is 152 cm³/mol. The average molecular weight is 533 g/mol. The second-order valence-electron chi connectivity index (χ2n) is 13.7. The summed E-state index contributed by atoms with van der Waals surface area (Å²) in [6, 6.07) is 6.90. The van der Waals surface area contributed by atoms with E-state index in [0.29, 0.717) is 25.2 Å². The van der Waals surface area contributed by atoms with E-state index in [1.54, 1.807) is 0 Å². The van der Waals surface area contributed by atoms with Gasteiger partial charge in [-0.15, -0.1) is 0 Å². The highest BCUT2D eigenvalue weighted by molar-refractivity contribution is 5.97. The Kier molecular flexibility index (Phi) is 6.79. The van der Waals surface area contributed by atoms with Crippen molar-refractivity contribution in [3.8, 4) is 17.0 Å². The molecule has 1 aliphatic heterocycles. The molecule has 0 radical (unpaired) electrons. The van der Waals surface area contributed by atoms with Gasteiger partial charge in [0.1, 0.15) is 11.9 Å². The minimum atomic E-state index is -0.0800. The molecule has 1 N–H and O–H groups in total. The zero-order valence-corrected chi connectivity index (χ0v) is 24.1. The molecule has 6 heteroatoms. The van der Waals surface area contributed by atoms with Crippen LogP contribution in [-0.2, 0) is 26.9 Å². The quantitative estimate of drug-likeness (QED) is 0.409. The van der Waals surface area contributed by atoms with Crippen LogP contribution in [0.2, 0.25) is 0 Å². The van der Waals surface area contributed by atoms with Crippen LogP contribution < -0.4 is 10.1 Å². The summed E-state index contributed by atoms with van der Waals surface area (Å²) in [7, 11) is 0. The summed E-state index contributed by atoms with van der Waals surface area (Å²) in [6.07, 6.45) is 11.3. The summed E-state index contributed by atoms with van der Waals surface area (Å²) in [5.74, 6) is 1.72. The number of carbonyl (C=O) groups excluding carboxylic acids is 2. The van der Waals surface area contributed by atoms with Gasteiger partial charge in [0.2, 0.25) is 0 Å². The van der Waals surface area contributed by atoms with Crippen molar-refractivity contribution in [3.63, 3.8) is 0 Å². The van der Waals surface area contributed by atoms with Crippen LogP contribution in [0.5, 0.6) is 5.75 Å². The van der Waals surface area contributed by atoms with Crippen molar-refractivity contribution in [1.82, 2.24) is 9.88 Å². The highest BCUT2D eigenvalue weighted by Crippen LogP contribution is 2.58. The largest absolute Gasteiger partial charge is 0.493 e. The van der Waals surface area contributed by atoms with Crippen molar-refractivity contribution >= 4 is 12.4 Å². The number of amides is 1. The van der Waals surface area contributed by atoms with Gasteiger partial charge in [-0.05, 0) is 74.1 Å². The summed E-state index contributed by atoms with van der Waals surface area (Å²) < 4.78 is 13.8. The van der Waals surface area contributed by atoms with E-state index in [-0.39, 0.29) is 28.9 Å². The van der Waals surface area contributed by atoms with E-state index in [0.717, 1.165) is 42.3 Å². The number of fused-ring (bicyclic) bond motifs is 2. The summed E-state index contributed by atoms with van der Waals surface area (Å²) >= 11 is 0. The standard InChI is InChI=1S/C33H44N2O4/c1-21-26(31(37)34-24-16-25(17-24)39-20-36)18-29(35(21)19-22-8-6-5-7-9-22)23-14-27(32(2,3)4)30-28(15-23)33(10-11-33)12-13-38-30/h14-15,18,20,22,24-25H,5-13,16-17,19H2,1-4H3,(H,34,37)/t24-,25-. The molecule has 2 aromatic rings. The summed E-state index contributed by atoms with van der Waals surface area (Å²) in [4.78, 5) is 24.2. The lowest BCUT2D eigenvalue weighted by atomic mass is 9.79. The smallest absolute Gasteiger partial charge is 0.293 e. The number of nitrogens with zero attached hydrogens (tertiary/aromatic N) is 1. The molecule has 0 atom stereocenters. The maximum atomic E-state index is 13.5. The lowest BCUT2D eigenvalue weighted by molar-refractivity contribution is -0.138. The molecule has 39 heavy (non-hydrogen) atoms. The van der Waals surface area contributed by atoms with E-state index < -0.39 is 0 Å². The number of nitrogens with one attached hydrogen (secondary N) is 1. The molecule has 6 rings (SSSR count). The lowest BCUT2D eigenvalue weighted by Crippen LogP contribution is -2.47. The Hall–Kier alpha value is -2.76.